The van der Waals surface area contributed by atoms with E-state index in [1.165, 1.54) is 28.7 Å². The van der Waals surface area contributed by atoms with E-state index in [0.717, 1.165) is 23.4 Å². The number of hydrogen-bond donors (Lipinski definition) is 1. The number of carbonyl (C=O) groups excluding carboxylic acids is 2. The highest BCUT2D eigenvalue weighted by Crippen LogP contribution is 2.31. The summed E-state index contributed by atoms with van der Waals surface area (Å²) in [5.74, 6) is -0.459. The van der Waals surface area contributed by atoms with Crippen molar-refractivity contribution in [3.05, 3.63) is 68.9 Å². The highest BCUT2D eigenvalue weighted by atomic mass is 32.1. The highest BCUT2D eigenvalue weighted by Gasteiger charge is 2.35. The number of likely N-dealkylation sites (tertiary alicyclic amines) is 1. The summed E-state index contributed by atoms with van der Waals surface area (Å²) in [6, 6.07) is 8.12. The number of nitrogens with one attached hydrogen (secondary N) is 1. The Morgan fingerprint density at radius 1 is 1.23 bits per heavy atom. The molecule has 1 aromatic carbocycles. The Balaban J connectivity index is 1.41. The van der Waals surface area contributed by atoms with Gasteiger partial charge in [0.05, 0.1) is 10.4 Å². The lowest BCUT2D eigenvalue weighted by atomic mass is 10.1. The quantitative estimate of drug-likeness (QED) is 0.573. The molecule has 1 N–H and O–H groups in total. The molecular formula is C21H18F3N3O2S2. The first-order chi connectivity index (χ1) is 14.8. The van der Waals surface area contributed by atoms with E-state index in [1.54, 1.807) is 29.3 Å². The summed E-state index contributed by atoms with van der Waals surface area (Å²) in [7, 11) is 0. The molecule has 1 atom stereocenters. The first-order valence-electron chi connectivity index (χ1n) is 9.57. The maximum Gasteiger partial charge on any atom is 0.416 e. The normalized spacial score (nSPS) is 16.5. The summed E-state index contributed by atoms with van der Waals surface area (Å²) in [4.78, 5) is 32.5. The van der Waals surface area contributed by atoms with Crippen LogP contribution in [0.15, 0.2) is 48.0 Å². The lowest BCUT2D eigenvalue weighted by Crippen LogP contribution is -2.42. The average Bonchev–Trinajstić information content (AvgIpc) is 3.49. The average molecular weight is 466 g/mol. The second-order valence-electron chi connectivity index (χ2n) is 7.13. The zero-order chi connectivity index (χ0) is 22.0. The van der Waals surface area contributed by atoms with Crippen LogP contribution in [0.1, 0.15) is 38.5 Å². The van der Waals surface area contributed by atoms with Crippen LogP contribution in [0.25, 0.3) is 0 Å². The van der Waals surface area contributed by atoms with Gasteiger partial charge in [-0.2, -0.15) is 13.2 Å². The van der Waals surface area contributed by atoms with Crippen LogP contribution in [-0.2, 0) is 17.4 Å². The van der Waals surface area contributed by atoms with Gasteiger partial charge in [-0.25, -0.2) is 4.98 Å². The lowest BCUT2D eigenvalue weighted by Gasteiger charge is -2.22. The summed E-state index contributed by atoms with van der Waals surface area (Å²) in [5.41, 5.74) is -0.181. The van der Waals surface area contributed by atoms with E-state index in [9.17, 15) is 22.8 Å². The Morgan fingerprint density at radius 3 is 2.81 bits per heavy atom. The zero-order valence-electron chi connectivity index (χ0n) is 16.2. The number of alkyl halides is 3. The predicted molar refractivity (Wildman–Crippen MR) is 113 cm³/mol. The maximum atomic E-state index is 12.9. The van der Waals surface area contributed by atoms with Gasteiger partial charge in [0.25, 0.3) is 5.91 Å². The number of thiazole rings is 1. The second-order valence-corrected chi connectivity index (χ2v) is 9.19. The molecular weight excluding hydrogens is 447 g/mol. The fourth-order valence-electron chi connectivity index (χ4n) is 3.52. The summed E-state index contributed by atoms with van der Waals surface area (Å²) >= 11 is 2.55. The third-order valence-corrected chi connectivity index (χ3v) is 6.74. The van der Waals surface area contributed by atoms with Crippen LogP contribution in [0.5, 0.6) is 0 Å². The molecule has 4 rings (SSSR count). The number of rotatable bonds is 5. The zero-order valence-corrected chi connectivity index (χ0v) is 17.8. The number of benzene rings is 1. The van der Waals surface area contributed by atoms with Crippen LogP contribution in [0, 0.1) is 0 Å². The van der Waals surface area contributed by atoms with Crippen molar-refractivity contribution in [2.75, 3.05) is 11.9 Å². The molecule has 2 amide bonds. The van der Waals surface area contributed by atoms with Gasteiger partial charge in [-0.3, -0.25) is 9.59 Å². The largest absolute Gasteiger partial charge is 0.416 e. The molecule has 5 nitrogen and oxygen atoms in total. The van der Waals surface area contributed by atoms with Gasteiger partial charge in [-0.1, -0.05) is 24.3 Å². The topological polar surface area (TPSA) is 62.3 Å². The van der Waals surface area contributed by atoms with Crippen LogP contribution in [0.2, 0.25) is 0 Å². The third kappa shape index (κ3) is 4.96. The Kier molecular flexibility index (Phi) is 6.10. The minimum atomic E-state index is -4.39. The van der Waals surface area contributed by atoms with Gasteiger partial charge < -0.3 is 10.2 Å². The number of nitrogens with zero attached hydrogens (tertiary/aromatic N) is 2. The van der Waals surface area contributed by atoms with Gasteiger partial charge in [0, 0.05) is 24.0 Å². The molecule has 2 aromatic heterocycles. The molecule has 1 aliphatic rings. The van der Waals surface area contributed by atoms with Crippen LogP contribution >= 0.6 is 22.7 Å². The van der Waals surface area contributed by atoms with Crippen LogP contribution in [0.4, 0.5) is 18.3 Å². The Hall–Kier alpha value is -2.72. The van der Waals surface area contributed by atoms with E-state index in [0.29, 0.717) is 28.5 Å². The van der Waals surface area contributed by atoms with E-state index < -0.39 is 17.8 Å². The van der Waals surface area contributed by atoms with E-state index >= 15 is 0 Å². The molecule has 3 heterocycles. The van der Waals surface area contributed by atoms with E-state index in [1.807, 2.05) is 5.38 Å². The van der Waals surface area contributed by atoms with E-state index in [2.05, 4.69) is 10.3 Å². The molecule has 0 radical (unpaired) electrons. The molecule has 31 heavy (non-hydrogen) atoms. The van der Waals surface area contributed by atoms with Crippen molar-refractivity contribution in [2.24, 2.45) is 0 Å². The number of anilines is 1. The van der Waals surface area contributed by atoms with Gasteiger partial charge in [0.2, 0.25) is 5.91 Å². The van der Waals surface area contributed by atoms with Gasteiger partial charge in [-0.05, 0) is 35.9 Å². The fourth-order valence-corrected chi connectivity index (χ4v) is 5.05. The number of thiophene rings is 1. The Morgan fingerprint density at radius 2 is 2.06 bits per heavy atom. The molecule has 1 aliphatic heterocycles. The molecule has 0 bridgehead atoms. The van der Waals surface area contributed by atoms with Crippen molar-refractivity contribution >= 4 is 39.6 Å². The van der Waals surface area contributed by atoms with Gasteiger partial charge in [0.15, 0.2) is 5.13 Å². The first-order valence-corrected chi connectivity index (χ1v) is 11.3. The molecule has 0 saturated carbocycles. The van der Waals surface area contributed by atoms with Gasteiger partial charge in [0.1, 0.15) is 6.04 Å². The van der Waals surface area contributed by atoms with Crippen molar-refractivity contribution in [3.8, 4) is 0 Å². The van der Waals surface area contributed by atoms with Crippen molar-refractivity contribution in [3.63, 3.8) is 0 Å². The van der Waals surface area contributed by atoms with E-state index in [-0.39, 0.29) is 18.2 Å². The van der Waals surface area contributed by atoms with E-state index in [4.69, 9.17) is 0 Å². The molecule has 0 aliphatic carbocycles. The smallest absolute Gasteiger partial charge is 0.326 e. The molecule has 0 unspecified atom stereocenters. The number of halogens is 3. The standard InChI is InChI=1S/C21H18F3N3O2S2/c22-21(23,24)14-5-1-4-13(10-14)11-15-12-25-20(31-15)26-18(28)16-6-2-8-27(16)19(29)17-7-3-9-30-17/h1,3-5,7,9-10,12,16H,2,6,8,11H2,(H,25,26,28)/t16-/m0/s1. The monoisotopic (exact) mass is 465 g/mol. The number of carbonyl (C=O) groups is 2. The van der Waals surface area contributed by atoms with Crippen molar-refractivity contribution < 1.29 is 22.8 Å². The summed E-state index contributed by atoms with van der Waals surface area (Å²) < 4.78 is 38.7. The lowest BCUT2D eigenvalue weighted by molar-refractivity contribution is -0.137. The van der Waals surface area contributed by atoms with Crippen molar-refractivity contribution in [1.82, 2.24) is 9.88 Å². The Bertz CT molecular complexity index is 1080. The second kappa shape index (κ2) is 8.80. The number of aromatic nitrogens is 1. The maximum absolute atomic E-state index is 12.9. The first kappa shape index (κ1) is 21.5. The fraction of sp³-hybridized carbons (Fsp3) is 0.286. The molecule has 162 valence electrons. The molecule has 1 saturated heterocycles. The number of amides is 2. The van der Waals surface area contributed by atoms with Gasteiger partial charge in [-0.15, -0.1) is 22.7 Å². The third-order valence-electron chi connectivity index (χ3n) is 4.96. The van der Waals surface area contributed by atoms with Crippen molar-refractivity contribution in [1.29, 1.82) is 0 Å². The number of hydrogen-bond acceptors (Lipinski definition) is 5. The molecule has 10 heteroatoms. The Labute approximate surface area is 184 Å². The summed E-state index contributed by atoms with van der Waals surface area (Å²) in [6.07, 6.45) is -1.25. The minimum Gasteiger partial charge on any atom is -0.326 e. The molecule has 1 fully saturated rings. The predicted octanol–water partition coefficient (Wildman–Crippen LogP) is 5.06. The van der Waals surface area contributed by atoms with Crippen LogP contribution in [-0.4, -0.2) is 34.3 Å². The minimum absolute atomic E-state index is 0.156. The van der Waals surface area contributed by atoms with Gasteiger partial charge >= 0.3 is 6.18 Å². The molecule has 3 aromatic rings. The summed E-state index contributed by atoms with van der Waals surface area (Å²) in [5, 5.41) is 4.94. The summed E-state index contributed by atoms with van der Waals surface area (Å²) in [6.45, 7) is 0.521. The van der Waals surface area contributed by atoms with Crippen LogP contribution in [0.3, 0.4) is 0 Å². The van der Waals surface area contributed by atoms with Crippen LogP contribution < -0.4 is 5.32 Å². The van der Waals surface area contributed by atoms with Crippen molar-refractivity contribution in [2.45, 2.75) is 31.5 Å². The molecule has 0 spiro atoms. The SMILES string of the molecule is O=C(Nc1ncc(Cc2cccc(C(F)(F)F)c2)s1)[C@@H]1CCCN1C(=O)c1cccs1. The highest BCUT2D eigenvalue weighted by molar-refractivity contribution is 7.15.